The van der Waals surface area contributed by atoms with Gasteiger partial charge in [-0.1, -0.05) is 37.6 Å². The third-order valence-corrected chi connectivity index (χ3v) is 4.98. The molecule has 0 aliphatic carbocycles. The number of halogens is 1. The topological polar surface area (TPSA) is 34.1 Å². The van der Waals surface area contributed by atoms with Crippen molar-refractivity contribution in [2.75, 3.05) is 53.4 Å². The molecule has 1 saturated heterocycles. The van der Waals surface area contributed by atoms with Crippen LogP contribution in [0.15, 0.2) is 29.3 Å². The Labute approximate surface area is 183 Å². The minimum Gasteiger partial charge on any atom is -0.357 e. The molecule has 154 valence electrons. The predicted octanol–water partition coefficient (Wildman–Crippen LogP) is 3.25. The maximum Gasteiger partial charge on any atom is 0.193 e. The number of hydrogen-bond acceptors (Lipinski definition) is 3. The van der Waals surface area contributed by atoms with Gasteiger partial charge in [-0.2, -0.15) is 0 Å². The molecule has 1 aromatic carbocycles. The van der Waals surface area contributed by atoms with Gasteiger partial charge < -0.3 is 15.1 Å². The van der Waals surface area contributed by atoms with Crippen molar-refractivity contribution < 1.29 is 0 Å². The van der Waals surface area contributed by atoms with Gasteiger partial charge in [0.1, 0.15) is 0 Å². The quantitative estimate of drug-likeness (QED) is 0.347. The zero-order valence-corrected chi connectivity index (χ0v) is 19.9. The number of guanidine groups is 1. The largest absolute Gasteiger partial charge is 0.357 e. The average molecular weight is 487 g/mol. The fourth-order valence-corrected chi connectivity index (χ4v) is 3.15. The first-order valence-electron chi connectivity index (χ1n) is 10.1. The van der Waals surface area contributed by atoms with E-state index in [-0.39, 0.29) is 24.0 Å². The number of nitrogens with zero attached hydrogens (tertiary/aromatic N) is 4. The molecule has 0 aromatic heterocycles. The van der Waals surface area contributed by atoms with Crippen LogP contribution in [-0.2, 0) is 13.1 Å². The van der Waals surface area contributed by atoms with Crippen molar-refractivity contribution in [2.45, 2.75) is 39.8 Å². The second-order valence-corrected chi connectivity index (χ2v) is 7.34. The highest BCUT2D eigenvalue weighted by Crippen LogP contribution is 2.10. The Morgan fingerprint density at radius 1 is 1.07 bits per heavy atom. The summed E-state index contributed by atoms with van der Waals surface area (Å²) in [4.78, 5) is 12.0. The van der Waals surface area contributed by atoms with Gasteiger partial charge in [-0.3, -0.25) is 4.90 Å². The summed E-state index contributed by atoms with van der Waals surface area (Å²) in [7, 11) is 4.32. The maximum atomic E-state index is 4.81. The maximum absolute atomic E-state index is 4.81. The summed E-state index contributed by atoms with van der Waals surface area (Å²) in [6.45, 7) is 12.8. The van der Waals surface area contributed by atoms with Crippen LogP contribution in [0, 0.1) is 0 Å². The van der Waals surface area contributed by atoms with Crippen LogP contribution in [0.5, 0.6) is 0 Å². The first-order chi connectivity index (χ1) is 12.6. The van der Waals surface area contributed by atoms with Crippen molar-refractivity contribution in [3.8, 4) is 0 Å². The highest BCUT2D eigenvalue weighted by molar-refractivity contribution is 14.0. The summed E-state index contributed by atoms with van der Waals surface area (Å²) in [5.41, 5.74) is 2.67. The molecule has 0 unspecified atom stereocenters. The van der Waals surface area contributed by atoms with Crippen LogP contribution < -0.4 is 5.32 Å². The fraction of sp³-hybridized carbons (Fsp3) is 0.667. The molecule has 1 aromatic rings. The lowest BCUT2D eigenvalue weighted by Gasteiger charge is -2.32. The van der Waals surface area contributed by atoms with E-state index >= 15 is 0 Å². The molecule has 1 heterocycles. The van der Waals surface area contributed by atoms with Crippen molar-refractivity contribution in [3.05, 3.63) is 35.4 Å². The molecule has 1 fully saturated rings. The highest BCUT2D eigenvalue weighted by atomic mass is 127. The van der Waals surface area contributed by atoms with E-state index in [1.165, 1.54) is 50.1 Å². The smallest absolute Gasteiger partial charge is 0.193 e. The number of aliphatic imine (C=N–C) groups is 1. The van der Waals surface area contributed by atoms with Crippen molar-refractivity contribution in [2.24, 2.45) is 4.99 Å². The average Bonchev–Trinajstić information content (AvgIpc) is 2.66. The Kier molecular flexibility index (Phi) is 11.9. The van der Waals surface area contributed by atoms with E-state index in [9.17, 15) is 0 Å². The van der Waals surface area contributed by atoms with Crippen LogP contribution in [0.4, 0.5) is 0 Å². The Morgan fingerprint density at radius 3 is 2.30 bits per heavy atom. The van der Waals surface area contributed by atoms with Gasteiger partial charge in [-0.15, -0.1) is 24.0 Å². The second-order valence-electron chi connectivity index (χ2n) is 7.34. The van der Waals surface area contributed by atoms with E-state index in [0.29, 0.717) is 0 Å². The minimum atomic E-state index is 0. The number of piperazine rings is 1. The first-order valence-corrected chi connectivity index (χ1v) is 10.1. The Balaban J connectivity index is 0.00000364. The molecule has 0 bridgehead atoms. The second kappa shape index (κ2) is 13.3. The number of nitrogens with one attached hydrogen (secondary N) is 1. The standard InChI is InChI=1S/C21H37N5.HI/c1-5-7-12-25(4)21(22-6-2)23-17-19-8-10-20(11-9-19)18-26-15-13-24(3)14-16-26;/h8-11H,5-7,12-18H2,1-4H3,(H,22,23);1H. The number of likely N-dealkylation sites (N-methyl/N-ethyl adjacent to an activating group) is 1. The van der Waals surface area contributed by atoms with Gasteiger partial charge in [-0.25, -0.2) is 4.99 Å². The number of unbranched alkanes of at least 4 members (excludes halogenated alkanes) is 1. The summed E-state index contributed by atoms with van der Waals surface area (Å²) in [5.74, 6) is 1.00. The molecule has 2 rings (SSSR count). The molecule has 27 heavy (non-hydrogen) atoms. The van der Waals surface area contributed by atoms with Gasteiger partial charge in [0.25, 0.3) is 0 Å². The van der Waals surface area contributed by atoms with E-state index in [1.54, 1.807) is 0 Å². The van der Waals surface area contributed by atoms with E-state index < -0.39 is 0 Å². The normalized spacial score (nSPS) is 16.1. The van der Waals surface area contributed by atoms with Gasteiger partial charge in [0.05, 0.1) is 6.54 Å². The lowest BCUT2D eigenvalue weighted by Crippen LogP contribution is -2.43. The summed E-state index contributed by atoms with van der Waals surface area (Å²) >= 11 is 0. The van der Waals surface area contributed by atoms with E-state index in [0.717, 1.165) is 32.1 Å². The number of hydrogen-bond donors (Lipinski definition) is 1. The van der Waals surface area contributed by atoms with E-state index in [2.05, 4.69) is 72.2 Å². The molecule has 1 aliphatic rings. The number of rotatable bonds is 8. The van der Waals surface area contributed by atoms with Gasteiger partial charge in [-0.05, 0) is 31.5 Å². The summed E-state index contributed by atoms with van der Waals surface area (Å²) in [6, 6.07) is 8.98. The molecule has 0 spiro atoms. The summed E-state index contributed by atoms with van der Waals surface area (Å²) in [5, 5.41) is 3.40. The highest BCUT2D eigenvalue weighted by Gasteiger charge is 2.13. The van der Waals surface area contributed by atoms with Crippen LogP contribution in [0.25, 0.3) is 0 Å². The molecular formula is C21H38IN5. The van der Waals surface area contributed by atoms with Gasteiger partial charge in [0, 0.05) is 52.9 Å². The van der Waals surface area contributed by atoms with Crippen LogP contribution >= 0.6 is 24.0 Å². The van der Waals surface area contributed by atoms with Crippen molar-refractivity contribution in [3.63, 3.8) is 0 Å². The molecule has 1 aliphatic heterocycles. The molecular weight excluding hydrogens is 449 g/mol. The molecule has 0 atom stereocenters. The SMILES string of the molecule is CCCCN(C)C(=NCc1ccc(CN2CCN(C)CC2)cc1)NCC.I. The number of benzene rings is 1. The lowest BCUT2D eigenvalue weighted by atomic mass is 10.1. The molecule has 0 radical (unpaired) electrons. The monoisotopic (exact) mass is 487 g/mol. The third-order valence-electron chi connectivity index (χ3n) is 4.98. The Bertz CT molecular complexity index is 538. The molecule has 5 nitrogen and oxygen atoms in total. The molecule has 1 N–H and O–H groups in total. The van der Waals surface area contributed by atoms with Crippen LogP contribution in [0.3, 0.4) is 0 Å². The lowest BCUT2D eigenvalue weighted by molar-refractivity contribution is 0.148. The fourth-order valence-electron chi connectivity index (χ4n) is 3.15. The Morgan fingerprint density at radius 2 is 1.70 bits per heavy atom. The minimum absolute atomic E-state index is 0. The van der Waals surface area contributed by atoms with Gasteiger partial charge >= 0.3 is 0 Å². The third kappa shape index (κ3) is 8.79. The van der Waals surface area contributed by atoms with Crippen molar-refractivity contribution in [1.29, 1.82) is 0 Å². The summed E-state index contributed by atoms with van der Waals surface area (Å²) < 4.78 is 0. The predicted molar refractivity (Wildman–Crippen MR) is 127 cm³/mol. The van der Waals surface area contributed by atoms with Crippen LogP contribution in [0.1, 0.15) is 37.8 Å². The van der Waals surface area contributed by atoms with Crippen molar-refractivity contribution >= 4 is 29.9 Å². The first kappa shape index (κ1) is 24.2. The molecule has 6 heteroatoms. The molecule has 0 saturated carbocycles. The zero-order chi connectivity index (χ0) is 18.8. The Hall–Kier alpha value is -0.860. The van der Waals surface area contributed by atoms with Crippen LogP contribution in [0.2, 0.25) is 0 Å². The molecule has 0 amide bonds. The summed E-state index contributed by atoms with van der Waals surface area (Å²) in [6.07, 6.45) is 2.40. The van der Waals surface area contributed by atoms with Gasteiger partial charge in [0.2, 0.25) is 0 Å². The van der Waals surface area contributed by atoms with E-state index in [1.807, 2.05) is 0 Å². The van der Waals surface area contributed by atoms with Gasteiger partial charge in [0.15, 0.2) is 5.96 Å². The van der Waals surface area contributed by atoms with Crippen LogP contribution in [-0.4, -0.2) is 74.0 Å². The zero-order valence-electron chi connectivity index (χ0n) is 17.6. The van der Waals surface area contributed by atoms with Crippen molar-refractivity contribution in [1.82, 2.24) is 20.0 Å². The van der Waals surface area contributed by atoms with E-state index in [4.69, 9.17) is 4.99 Å².